The molecule has 2 aliphatic rings. The minimum atomic E-state index is -0.755. The molecule has 5 atom stereocenters. The standard InChI is InChI=1S/C29H36FN3O4/c1-29(2,3)27-24(37-28(32)34)6-5-13-33(27)23-14-20(19-9-12-22(30)25(15-19)35-4)16-26(23)36-21-10-7-18(17-31)8-11-21/h7-12,15,20,23-24,26-27H,5-6,13-14,16H2,1-4H3,(H2,32,34)/t20?,23?,24-,26?,27?/m1/s1. The van der Waals surface area contributed by atoms with Gasteiger partial charge in [0.25, 0.3) is 0 Å². The molecule has 2 aromatic rings. The fourth-order valence-electron chi connectivity index (χ4n) is 6.12. The molecule has 1 aliphatic carbocycles. The smallest absolute Gasteiger partial charge is 0.404 e. The monoisotopic (exact) mass is 509 g/mol. The number of hydrogen-bond donors (Lipinski definition) is 1. The second-order valence-electron chi connectivity index (χ2n) is 11.1. The highest BCUT2D eigenvalue weighted by molar-refractivity contribution is 5.64. The number of methoxy groups -OCH3 is 1. The Balaban J connectivity index is 1.68. The van der Waals surface area contributed by atoms with E-state index in [9.17, 15) is 9.18 Å². The molecule has 2 fully saturated rings. The van der Waals surface area contributed by atoms with Gasteiger partial charge in [-0.2, -0.15) is 5.26 Å². The molecule has 0 aromatic heterocycles. The maximum atomic E-state index is 14.1. The molecule has 1 heterocycles. The number of amides is 1. The van der Waals surface area contributed by atoms with Gasteiger partial charge in [0.05, 0.1) is 24.8 Å². The van der Waals surface area contributed by atoms with Crippen molar-refractivity contribution in [3.63, 3.8) is 0 Å². The van der Waals surface area contributed by atoms with Gasteiger partial charge >= 0.3 is 6.09 Å². The summed E-state index contributed by atoms with van der Waals surface area (Å²) in [5, 5.41) is 9.16. The van der Waals surface area contributed by atoms with Gasteiger partial charge in [0.2, 0.25) is 0 Å². The van der Waals surface area contributed by atoms with Crippen LogP contribution in [0.2, 0.25) is 0 Å². The molecule has 1 amide bonds. The van der Waals surface area contributed by atoms with Gasteiger partial charge in [-0.25, -0.2) is 9.18 Å². The summed E-state index contributed by atoms with van der Waals surface area (Å²) in [6.45, 7) is 7.31. The van der Waals surface area contributed by atoms with E-state index in [2.05, 4.69) is 31.7 Å². The van der Waals surface area contributed by atoms with E-state index < -0.39 is 6.09 Å². The van der Waals surface area contributed by atoms with E-state index >= 15 is 0 Å². The Labute approximate surface area is 218 Å². The summed E-state index contributed by atoms with van der Waals surface area (Å²) in [4.78, 5) is 14.2. The Hall–Kier alpha value is -3.31. The number of rotatable bonds is 6. The molecular weight excluding hydrogens is 473 g/mol. The maximum Gasteiger partial charge on any atom is 0.404 e. The highest BCUT2D eigenvalue weighted by atomic mass is 19.1. The van der Waals surface area contributed by atoms with Crippen LogP contribution in [0.25, 0.3) is 0 Å². The number of benzene rings is 2. The summed E-state index contributed by atoms with van der Waals surface area (Å²) in [7, 11) is 1.47. The van der Waals surface area contributed by atoms with E-state index in [1.807, 2.05) is 18.2 Å². The quantitative estimate of drug-likeness (QED) is 0.562. The third-order valence-electron chi connectivity index (χ3n) is 7.58. The van der Waals surface area contributed by atoms with Gasteiger partial charge in [0.1, 0.15) is 18.0 Å². The number of halogens is 1. The predicted octanol–water partition coefficient (Wildman–Crippen LogP) is 5.37. The van der Waals surface area contributed by atoms with Gasteiger partial charge in [-0.1, -0.05) is 26.8 Å². The van der Waals surface area contributed by atoms with Crippen molar-refractivity contribution in [2.75, 3.05) is 13.7 Å². The highest BCUT2D eigenvalue weighted by Crippen LogP contribution is 2.44. The summed E-state index contributed by atoms with van der Waals surface area (Å²) in [6.07, 6.45) is 1.93. The minimum absolute atomic E-state index is 0.0280. The highest BCUT2D eigenvalue weighted by Gasteiger charge is 2.49. The fourth-order valence-corrected chi connectivity index (χ4v) is 6.12. The summed E-state index contributed by atoms with van der Waals surface area (Å²) in [5.41, 5.74) is 6.84. The summed E-state index contributed by atoms with van der Waals surface area (Å²) in [5.74, 6) is 0.661. The molecule has 4 unspecified atom stereocenters. The molecule has 4 rings (SSSR count). The number of nitrogens with two attached hydrogens (primary N) is 1. The van der Waals surface area contributed by atoms with Crippen molar-refractivity contribution in [2.24, 2.45) is 11.1 Å². The van der Waals surface area contributed by atoms with Gasteiger partial charge in [-0.05, 0) is 85.5 Å². The van der Waals surface area contributed by atoms with E-state index in [0.29, 0.717) is 11.3 Å². The molecule has 1 aliphatic heterocycles. The summed E-state index contributed by atoms with van der Waals surface area (Å²) in [6, 6.07) is 14.3. The first-order valence-electron chi connectivity index (χ1n) is 12.8. The van der Waals surface area contributed by atoms with Crippen LogP contribution in [0, 0.1) is 22.6 Å². The molecule has 198 valence electrons. The Morgan fingerprint density at radius 2 is 1.86 bits per heavy atom. The van der Waals surface area contributed by atoms with E-state index in [1.165, 1.54) is 13.2 Å². The molecule has 0 bridgehead atoms. The molecule has 2 N–H and O–H groups in total. The molecular formula is C29H36FN3O4. The van der Waals surface area contributed by atoms with Crippen LogP contribution in [0.1, 0.15) is 63.5 Å². The number of likely N-dealkylation sites (tertiary alicyclic amines) is 1. The normalized spacial score (nSPS) is 26.3. The van der Waals surface area contributed by atoms with Gasteiger partial charge in [0, 0.05) is 6.04 Å². The molecule has 7 nitrogen and oxygen atoms in total. The minimum Gasteiger partial charge on any atom is -0.494 e. The number of piperidine rings is 1. The number of carbonyl (C=O) groups excluding carboxylic acids is 1. The van der Waals surface area contributed by atoms with Crippen molar-refractivity contribution in [1.29, 1.82) is 5.26 Å². The lowest BCUT2D eigenvalue weighted by Crippen LogP contribution is -2.61. The van der Waals surface area contributed by atoms with Crippen LogP contribution in [-0.4, -0.2) is 48.9 Å². The Morgan fingerprint density at radius 1 is 1.14 bits per heavy atom. The van der Waals surface area contributed by atoms with Crippen molar-refractivity contribution < 1.29 is 23.4 Å². The predicted molar refractivity (Wildman–Crippen MR) is 138 cm³/mol. The van der Waals surface area contributed by atoms with Crippen molar-refractivity contribution in [2.45, 2.75) is 76.7 Å². The molecule has 8 heteroatoms. The maximum absolute atomic E-state index is 14.1. The van der Waals surface area contributed by atoms with Crippen molar-refractivity contribution in [1.82, 2.24) is 4.90 Å². The number of carbonyl (C=O) groups is 1. The zero-order valence-electron chi connectivity index (χ0n) is 21.9. The van der Waals surface area contributed by atoms with Gasteiger partial charge in [0.15, 0.2) is 11.6 Å². The third-order valence-corrected chi connectivity index (χ3v) is 7.58. The Kier molecular flexibility index (Phi) is 7.93. The Morgan fingerprint density at radius 3 is 2.49 bits per heavy atom. The zero-order valence-corrected chi connectivity index (χ0v) is 21.9. The van der Waals surface area contributed by atoms with Crippen molar-refractivity contribution in [3.05, 3.63) is 59.4 Å². The lowest BCUT2D eigenvalue weighted by atomic mass is 9.77. The van der Waals surface area contributed by atoms with Crippen LogP contribution in [0.4, 0.5) is 9.18 Å². The Bertz CT molecular complexity index is 1140. The van der Waals surface area contributed by atoms with Crippen LogP contribution in [0.15, 0.2) is 42.5 Å². The van der Waals surface area contributed by atoms with Gasteiger partial charge in [-0.15, -0.1) is 0 Å². The summed E-state index contributed by atoms with van der Waals surface area (Å²) >= 11 is 0. The second kappa shape index (κ2) is 11.0. The number of primary amides is 1. The first kappa shape index (κ1) is 26.7. The van der Waals surface area contributed by atoms with E-state index in [0.717, 1.165) is 37.8 Å². The van der Waals surface area contributed by atoms with Crippen molar-refractivity contribution >= 4 is 6.09 Å². The number of hydrogen-bond acceptors (Lipinski definition) is 6. The second-order valence-corrected chi connectivity index (χ2v) is 11.1. The van der Waals surface area contributed by atoms with Crippen LogP contribution in [0.3, 0.4) is 0 Å². The average molecular weight is 510 g/mol. The first-order valence-corrected chi connectivity index (χ1v) is 12.8. The van der Waals surface area contributed by atoms with E-state index in [1.54, 1.807) is 18.2 Å². The van der Waals surface area contributed by atoms with Crippen LogP contribution < -0.4 is 15.2 Å². The van der Waals surface area contributed by atoms with Crippen LogP contribution >= 0.6 is 0 Å². The molecule has 1 saturated heterocycles. The van der Waals surface area contributed by atoms with Crippen LogP contribution in [-0.2, 0) is 4.74 Å². The van der Waals surface area contributed by atoms with E-state index in [4.69, 9.17) is 25.2 Å². The molecule has 2 aromatic carbocycles. The lowest BCUT2D eigenvalue weighted by molar-refractivity contribution is -0.0776. The molecule has 0 radical (unpaired) electrons. The largest absolute Gasteiger partial charge is 0.494 e. The topological polar surface area (TPSA) is 97.8 Å². The molecule has 1 saturated carbocycles. The van der Waals surface area contributed by atoms with Gasteiger partial charge < -0.3 is 19.9 Å². The lowest BCUT2D eigenvalue weighted by Gasteiger charge is -2.50. The molecule has 37 heavy (non-hydrogen) atoms. The molecule has 0 spiro atoms. The number of nitrogens with zero attached hydrogens (tertiary/aromatic N) is 2. The fraction of sp³-hybridized carbons (Fsp3) is 0.517. The van der Waals surface area contributed by atoms with Gasteiger partial charge in [-0.3, -0.25) is 4.90 Å². The number of ether oxygens (including phenoxy) is 3. The average Bonchev–Trinajstić information content (AvgIpc) is 3.27. The van der Waals surface area contributed by atoms with E-state index in [-0.39, 0.29) is 47.2 Å². The van der Waals surface area contributed by atoms with Crippen molar-refractivity contribution in [3.8, 4) is 17.6 Å². The zero-order chi connectivity index (χ0) is 26.7. The third kappa shape index (κ3) is 5.99. The SMILES string of the molecule is COc1cc(C2CC(Oc3ccc(C#N)cc3)C(N3CCC[C@@H](OC(N)=O)C3C(C)(C)C)C2)ccc1F. The number of nitriles is 1. The first-order chi connectivity index (χ1) is 17.6. The van der Waals surface area contributed by atoms with Crippen LogP contribution in [0.5, 0.6) is 11.5 Å². The summed E-state index contributed by atoms with van der Waals surface area (Å²) < 4.78 is 31.6.